The van der Waals surface area contributed by atoms with Gasteiger partial charge in [-0.15, -0.1) is 0 Å². The molecule has 0 unspecified atom stereocenters. The van der Waals surface area contributed by atoms with Gasteiger partial charge in [-0.25, -0.2) is 0 Å². The predicted octanol–water partition coefficient (Wildman–Crippen LogP) is 5.56. The molecule has 3 heteroatoms. The zero-order valence-corrected chi connectivity index (χ0v) is 15.1. The van der Waals surface area contributed by atoms with Crippen LogP contribution >= 0.6 is 0 Å². The van der Waals surface area contributed by atoms with Crippen molar-refractivity contribution in [1.29, 1.82) is 0 Å². The van der Waals surface area contributed by atoms with E-state index in [0.29, 0.717) is 5.56 Å². The number of aryl methyl sites for hydroxylation is 1. The molecule has 4 aromatic rings. The fourth-order valence-corrected chi connectivity index (χ4v) is 3.21. The molecule has 0 saturated heterocycles. The van der Waals surface area contributed by atoms with Crippen molar-refractivity contribution >= 4 is 11.5 Å². The van der Waals surface area contributed by atoms with Crippen LogP contribution in [0.4, 0.5) is 11.5 Å². The normalized spacial score (nSPS) is 10.6. The van der Waals surface area contributed by atoms with Gasteiger partial charge < -0.3 is 5.32 Å². The smallest absolute Gasteiger partial charge is 0.264 e. The lowest BCUT2D eigenvalue weighted by atomic mass is 10.0. The van der Waals surface area contributed by atoms with Crippen molar-refractivity contribution in [3.05, 3.63) is 113 Å². The average Bonchev–Trinajstić information content (AvgIpc) is 2.73. The van der Waals surface area contributed by atoms with Crippen LogP contribution in [0.1, 0.15) is 5.56 Å². The summed E-state index contributed by atoms with van der Waals surface area (Å²) >= 11 is 0. The second-order valence-electron chi connectivity index (χ2n) is 6.42. The van der Waals surface area contributed by atoms with E-state index in [1.54, 1.807) is 4.57 Å². The van der Waals surface area contributed by atoms with E-state index in [0.717, 1.165) is 28.3 Å². The molecule has 0 bridgehead atoms. The number of benzene rings is 3. The highest BCUT2D eigenvalue weighted by Gasteiger charge is 2.15. The van der Waals surface area contributed by atoms with E-state index in [4.69, 9.17) is 0 Å². The number of nitrogens with one attached hydrogen (secondary N) is 1. The quantitative estimate of drug-likeness (QED) is 0.522. The highest BCUT2D eigenvalue weighted by atomic mass is 16.1. The summed E-state index contributed by atoms with van der Waals surface area (Å²) in [6.07, 6.45) is 0. The number of para-hydroxylation sites is 2. The van der Waals surface area contributed by atoms with Crippen LogP contribution in [-0.4, -0.2) is 4.57 Å². The van der Waals surface area contributed by atoms with Gasteiger partial charge in [0.1, 0.15) is 5.82 Å². The lowest BCUT2D eigenvalue weighted by Crippen LogP contribution is -2.23. The maximum atomic E-state index is 13.5. The Kier molecular flexibility index (Phi) is 4.58. The summed E-state index contributed by atoms with van der Waals surface area (Å²) in [6.45, 7) is 2.02. The van der Waals surface area contributed by atoms with E-state index in [2.05, 4.69) is 5.32 Å². The van der Waals surface area contributed by atoms with Crippen molar-refractivity contribution in [2.45, 2.75) is 6.92 Å². The Hall–Kier alpha value is -3.59. The van der Waals surface area contributed by atoms with Crippen LogP contribution in [0, 0.1) is 6.92 Å². The first-order chi connectivity index (χ1) is 13.2. The van der Waals surface area contributed by atoms with Crippen LogP contribution in [0.5, 0.6) is 0 Å². The van der Waals surface area contributed by atoms with Crippen molar-refractivity contribution in [3.63, 3.8) is 0 Å². The molecular weight excluding hydrogens is 332 g/mol. The van der Waals surface area contributed by atoms with Gasteiger partial charge in [0.05, 0.1) is 5.69 Å². The summed E-state index contributed by atoms with van der Waals surface area (Å²) in [6, 6.07) is 31.4. The molecule has 0 amide bonds. The predicted molar refractivity (Wildman–Crippen MR) is 112 cm³/mol. The summed E-state index contributed by atoms with van der Waals surface area (Å²) in [7, 11) is 0. The zero-order chi connectivity index (χ0) is 18.6. The van der Waals surface area contributed by atoms with Gasteiger partial charge in [0.25, 0.3) is 5.56 Å². The molecule has 0 aliphatic heterocycles. The molecule has 1 aromatic heterocycles. The molecule has 0 saturated carbocycles. The molecule has 4 rings (SSSR count). The first-order valence-corrected chi connectivity index (χ1v) is 8.93. The third-order valence-corrected chi connectivity index (χ3v) is 4.53. The van der Waals surface area contributed by atoms with Gasteiger partial charge in [-0.05, 0) is 48.4 Å². The Morgan fingerprint density at radius 3 is 1.93 bits per heavy atom. The summed E-state index contributed by atoms with van der Waals surface area (Å²) in [5.41, 5.74) is 4.34. The molecule has 0 aliphatic carbocycles. The van der Waals surface area contributed by atoms with Crippen LogP contribution in [0.2, 0.25) is 0 Å². The first-order valence-electron chi connectivity index (χ1n) is 8.93. The second kappa shape index (κ2) is 7.34. The summed E-state index contributed by atoms with van der Waals surface area (Å²) in [5.74, 6) is 0.775. The number of anilines is 2. The monoisotopic (exact) mass is 352 g/mol. The molecule has 1 N–H and O–H groups in total. The van der Waals surface area contributed by atoms with E-state index in [1.807, 2.05) is 104 Å². The van der Waals surface area contributed by atoms with Gasteiger partial charge in [-0.2, -0.15) is 0 Å². The maximum Gasteiger partial charge on any atom is 0.264 e. The van der Waals surface area contributed by atoms with Crippen molar-refractivity contribution < 1.29 is 0 Å². The van der Waals surface area contributed by atoms with Crippen LogP contribution in [0.25, 0.3) is 16.8 Å². The largest absolute Gasteiger partial charge is 0.341 e. The van der Waals surface area contributed by atoms with Crippen molar-refractivity contribution in [2.24, 2.45) is 0 Å². The van der Waals surface area contributed by atoms with Crippen molar-refractivity contribution in [3.8, 4) is 16.8 Å². The molecule has 27 heavy (non-hydrogen) atoms. The summed E-state index contributed by atoms with van der Waals surface area (Å²) in [5, 5.41) is 3.42. The minimum atomic E-state index is -0.0450. The molecule has 0 atom stereocenters. The highest BCUT2D eigenvalue weighted by molar-refractivity contribution is 5.70. The molecule has 1 heterocycles. The lowest BCUT2D eigenvalue weighted by molar-refractivity contribution is 0.988. The van der Waals surface area contributed by atoms with E-state index in [9.17, 15) is 4.79 Å². The third-order valence-electron chi connectivity index (χ3n) is 4.53. The third kappa shape index (κ3) is 3.40. The average molecular weight is 352 g/mol. The molecule has 3 nitrogen and oxygen atoms in total. The van der Waals surface area contributed by atoms with Gasteiger partial charge in [0, 0.05) is 11.3 Å². The lowest BCUT2D eigenvalue weighted by Gasteiger charge is -2.19. The van der Waals surface area contributed by atoms with Gasteiger partial charge in [0.2, 0.25) is 0 Å². The van der Waals surface area contributed by atoms with E-state index < -0.39 is 0 Å². The molecule has 132 valence electrons. The number of hydrogen-bond donors (Lipinski definition) is 1. The van der Waals surface area contributed by atoms with E-state index >= 15 is 0 Å². The van der Waals surface area contributed by atoms with Crippen LogP contribution in [0.3, 0.4) is 0 Å². The number of rotatable bonds is 4. The zero-order valence-electron chi connectivity index (χ0n) is 15.1. The molecular formula is C24H20N2O. The maximum absolute atomic E-state index is 13.5. The molecule has 0 radical (unpaired) electrons. The van der Waals surface area contributed by atoms with E-state index in [1.165, 1.54) is 0 Å². The number of aromatic nitrogens is 1. The number of nitrogens with zero attached hydrogens (tertiary/aromatic N) is 1. The molecule has 3 aromatic carbocycles. The molecule has 0 spiro atoms. The fraction of sp³-hybridized carbons (Fsp3) is 0.0417. The summed E-state index contributed by atoms with van der Waals surface area (Å²) in [4.78, 5) is 13.5. The number of pyridine rings is 1. The van der Waals surface area contributed by atoms with Gasteiger partial charge >= 0.3 is 0 Å². The Balaban J connectivity index is 1.96. The van der Waals surface area contributed by atoms with Gasteiger partial charge in [-0.1, -0.05) is 66.7 Å². The standard InChI is InChI=1S/C24H20N2O/c1-18-17-22(19-11-5-2-6-12-19)24(27)26(21-15-9-4-10-16-21)23(18)25-20-13-7-3-8-14-20/h2-17,25H,1H3. The van der Waals surface area contributed by atoms with Crippen LogP contribution in [0.15, 0.2) is 102 Å². The molecule has 0 aliphatic rings. The van der Waals surface area contributed by atoms with Crippen LogP contribution in [-0.2, 0) is 0 Å². The SMILES string of the molecule is Cc1cc(-c2ccccc2)c(=O)n(-c2ccccc2)c1Nc1ccccc1. The fourth-order valence-electron chi connectivity index (χ4n) is 3.21. The van der Waals surface area contributed by atoms with Gasteiger partial charge in [-0.3, -0.25) is 9.36 Å². The molecule has 0 fully saturated rings. The Labute approximate surface area is 158 Å². The van der Waals surface area contributed by atoms with E-state index in [-0.39, 0.29) is 5.56 Å². The summed E-state index contributed by atoms with van der Waals surface area (Å²) < 4.78 is 1.75. The minimum Gasteiger partial charge on any atom is -0.341 e. The Morgan fingerprint density at radius 2 is 1.30 bits per heavy atom. The first kappa shape index (κ1) is 16.9. The van der Waals surface area contributed by atoms with Gasteiger partial charge in [0.15, 0.2) is 0 Å². The van der Waals surface area contributed by atoms with Crippen molar-refractivity contribution in [2.75, 3.05) is 5.32 Å². The second-order valence-corrected chi connectivity index (χ2v) is 6.42. The Morgan fingerprint density at radius 1 is 0.741 bits per heavy atom. The topological polar surface area (TPSA) is 34.0 Å². The number of hydrogen-bond acceptors (Lipinski definition) is 2. The van der Waals surface area contributed by atoms with Crippen LogP contribution < -0.4 is 10.9 Å². The highest BCUT2D eigenvalue weighted by Crippen LogP contribution is 2.26. The van der Waals surface area contributed by atoms with Crippen molar-refractivity contribution in [1.82, 2.24) is 4.57 Å². The Bertz CT molecular complexity index is 1100. The minimum absolute atomic E-state index is 0.0450.